The molecule has 1 rings (SSSR count). The molecule has 120 valence electrons. The highest BCUT2D eigenvalue weighted by Gasteiger charge is 2.07. The van der Waals surface area contributed by atoms with Crippen LogP contribution in [0.1, 0.15) is 40.0 Å². The third-order valence-corrected chi connectivity index (χ3v) is 4.19. The number of unbranched alkanes of at least 4 members (excludes halogenated alkanes) is 1. The summed E-state index contributed by atoms with van der Waals surface area (Å²) in [5.74, 6) is 1.72. The van der Waals surface area contributed by atoms with E-state index in [1.807, 2.05) is 0 Å². The van der Waals surface area contributed by atoms with Crippen molar-refractivity contribution in [2.45, 2.75) is 46.1 Å². The van der Waals surface area contributed by atoms with E-state index in [0.717, 1.165) is 48.6 Å². The standard InChI is InChI=1S/C15H28BrN5/c1-5-8-17-14-13(16)15(20-11-19-14)18-9-6-7-10-21(4)12(2)3/h11-12H,5-10H2,1-4H3,(H2,17,18,19,20). The van der Waals surface area contributed by atoms with Gasteiger partial charge in [-0.2, -0.15) is 0 Å². The van der Waals surface area contributed by atoms with E-state index >= 15 is 0 Å². The van der Waals surface area contributed by atoms with Gasteiger partial charge in [0.1, 0.15) is 22.4 Å². The molecule has 1 aromatic heterocycles. The van der Waals surface area contributed by atoms with Crippen molar-refractivity contribution >= 4 is 27.6 Å². The van der Waals surface area contributed by atoms with Crippen molar-refractivity contribution in [3.63, 3.8) is 0 Å². The molecule has 0 fully saturated rings. The zero-order valence-corrected chi connectivity index (χ0v) is 15.2. The maximum absolute atomic E-state index is 4.29. The van der Waals surface area contributed by atoms with Gasteiger partial charge in [-0.1, -0.05) is 6.92 Å². The van der Waals surface area contributed by atoms with Gasteiger partial charge in [0, 0.05) is 19.1 Å². The second kappa shape index (κ2) is 9.95. The van der Waals surface area contributed by atoms with E-state index < -0.39 is 0 Å². The fourth-order valence-electron chi connectivity index (χ4n) is 1.81. The molecule has 0 aliphatic heterocycles. The van der Waals surface area contributed by atoms with Gasteiger partial charge in [-0.05, 0) is 62.6 Å². The van der Waals surface area contributed by atoms with Crippen molar-refractivity contribution in [2.24, 2.45) is 0 Å². The summed E-state index contributed by atoms with van der Waals surface area (Å²) < 4.78 is 0.915. The molecule has 1 aromatic rings. The summed E-state index contributed by atoms with van der Waals surface area (Å²) in [6.07, 6.45) is 4.98. The lowest BCUT2D eigenvalue weighted by Crippen LogP contribution is -2.27. The highest BCUT2D eigenvalue weighted by molar-refractivity contribution is 9.10. The van der Waals surface area contributed by atoms with Crippen LogP contribution in [-0.4, -0.2) is 47.6 Å². The van der Waals surface area contributed by atoms with E-state index in [0.29, 0.717) is 6.04 Å². The van der Waals surface area contributed by atoms with Crippen LogP contribution in [0.25, 0.3) is 0 Å². The van der Waals surface area contributed by atoms with Crippen LogP contribution < -0.4 is 10.6 Å². The zero-order chi connectivity index (χ0) is 15.7. The molecule has 1 heterocycles. The second-order valence-corrected chi connectivity index (χ2v) is 6.31. The molecule has 0 spiro atoms. The minimum atomic E-state index is 0.612. The molecule has 0 saturated heterocycles. The number of nitrogens with zero attached hydrogens (tertiary/aromatic N) is 3. The lowest BCUT2D eigenvalue weighted by atomic mass is 10.2. The summed E-state index contributed by atoms with van der Waals surface area (Å²) in [6, 6.07) is 0.612. The first-order valence-electron chi connectivity index (χ1n) is 7.74. The molecule has 0 aliphatic rings. The Hall–Kier alpha value is -0.880. The molecule has 0 aliphatic carbocycles. The highest BCUT2D eigenvalue weighted by atomic mass is 79.9. The van der Waals surface area contributed by atoms with Gasteiger partial charge in [0.15, 0.2) is 0 Å². The van der Waals surface area contributed by atoms with Gasteiger partial charge in [0.25, 0.3) is 0 Å². The van der Waals surface area contributed by atoms with Gasteiger partial charge in [0.05, 0.1) is 0 Å². The number of halogens is 1. The van der Waals surface area contributed by atoms with Crippen molar-refractivity contribution < 1.29 is 0 Å². The van der Waals surface area contributed by atoms with Crippen LogP contribution in [0.5, 0.6) is 0 Å². The van der Waals surface area contributed by atoms with Crippen LogP contribution in [0.4, 0.5) is 11.6 Å². The normalized spacial score (nSPS) is 11.2. The maximum Gasteiger partial charge on any atom is 0.145 e. The molecule has 6 heteroatoms. The van der Waals surface area contributed by atoms with Gasteiger partial charge in [-0.15, -0.1) is 0 Å². The number of hydrogen-bond donors (Lipinski definition) is 2. The third-order valence-electron chi connectivity index (χ3n) is 3.44. The third kappa shape index (κ3) is 6.61. The Morgan fingerprint density at radius 3 is 2.33 bits per heavy atom. The molecule has 21 heavy (non-hydrogen) atoms. The van der Waals surface area contributed by atoms with E-state index in [9.17, 15) is 0 Å². The Morgan fingerprint density at radius 1 is 1.14 bits per heavy atom. The smallest absolute Gasteiger partial charge is 0.145 e. The first-order valence-corrected chi connectivity index (χ1v) is 8.54. The molecule has 0 bridgehead atoms. The molecular formula is C15H28BrN5. The number of aromatic nitrogens is 2. The van der Waals surface area contributed by atoms with E-state index in [1.54, 1.807) is 6.33 Å². The molecule has 5 nitrogen and oxygen atoms in total. The lowest BCUT2D eigenvalue weighted by molar-refractivity contribution is 0.269. The molecule has 0 unspecified atom stereocenters. The van der Waals surface area contributed by atoms with Gasteiger partial charge in [-0.3, -0.25) is 0 Å². The number of rotatable bonds is 10. The summed E-state index contributed by atoms with van der Waals surface area (Å²) in [7, 11) is 2.17. The van der Waals surface area contributed by atoms with Crippen LogP contribution in [0.2, 0.25) is 0 Å². The summed E-state index contributed by atoms with van der Waals surface area (Å²) in [6.45, 7) is 9.55. The van der Waals surface area contributed by atoms with Crippen LogP contribution in [0.3, 0.4) is 0 Å². The van der Waals surface area contributed by atoms with Crippen LogP contribution >= 0.6 is 15.9 Å². The van der Waals surface area contributed by atoms with Crippen LogP contribution in [0, 0.1) is 0 Å². The minimum Gasteiger partial charge on any atom is -0.369 e. The minimum absolute atomic E-state index is 0.612. The van der Waals surface area contributed by atoms with Gasteiger partial charge >= 0.3 is 0 Å². The van der Waals surface area contributed by atoms with Crippen molar-refractivity contribution in [3.8, 4) is 0 Å². The number of hydrogen-bond acceptors (Lipinski definition) is 5. The molecule has 0 atom stereocenters. The highest BCUT2D eigenvalue weighted by Crippen LogP contribution is 2.26. The van der Waals surface area contributed by atoms with Crippen molar-refractivity contribution in [3.05, 3.63) is 10.8 Å². The molecule has 0 radical (unpaired) electrons. The van der Waals surface area contributed by atoms with E-state index in [1.165, 1.54) is 6.42 Å². The van der Waals surface area contributed by atoms with Crippen molar-refractivity contribution in [1.29, 1.82) is 0 Å². The van der Waals surface area contributed by atoms with E-state index in [-0.39, 0.29) is 0 Å². The fourth-order valence-corrected chi connectivity index (χ4v) is 2.30. The summed E-state index contributed by atoms with van der Waals surface area (Å²) in [4.78, 5) is 10.9. The Morgan fingerprint density at radius 2 is 1.76 bits per heavy atom. The quantitative estimate of drug-likeness (QED) is 0.626. The Bertz CT molecular complexity index is 411. The predicted octanol–water partition coefficient (Wildman–Crippen LogP) is 3.59. The Labute approximate surface area is 137 Å². The van der Waals surface area contributed by atoms with E-state index in [4.69, 9.17) is 0 Å². The first-order chi connectivity index (χ1) is 10.1. The van der Waals surface area contributed by atoms with Gasteiger partial charge < -0.3 is 15.5 Å². The first kappa shape index (κ1) is 18.2. The summed E-state index contributed by atoms with van der Waals surface area (Å²) >= 11 is 3.56. The fraction of sp³-hybridized carbons (Fsp3) is 0.733. The Balaban J connectivity index is 2.35. The zero-order valence-electron chi connectivity index (χ0n) is 13.6. The average molecular weight is 358 g/mol. The lowest BCUT2D eigenvalue weighted by Gasteiger charge is -2.20. The predicted molar refractivity (Wildman–Crippen MR) is 94.0 cm³/mol. The molecule has 0 aromatic carbocycles. The summed E-state index contributed by atoms with van der Waals surface area (Å²) in [5, 5.41) is 6.66. The molecule has 0 saturated carbocycles. The average Bonchev–Trinajstić information content (AvgIpc) is 2.46. The molecule has 0 amide bonds. The SMILES string of the molecule is CCCNc1ncnc(NCCCCN(C)C(C)C)c1Br. The summed E-state index contributed by atoms with van der Waals surface area (Å²) in [5.41, 5.74) is 0. The second-order valence-electron chi connectivity index (χ2n) is 5.52. The molecule has 2 N–H and O–H groups in total. The van der Waals surface area contributed by atoms with Crippen LogP contribution in [-0.2, 0) is 0 Å². The number of nitrogens with one attached hydrogen (secondary N) is 2. The maximum atomic E-state index is 4.29. The van der Waals surface area contributed by atoms with Crippen molar-refractivity contribution in [1.82, 2.24) is 14.9 Å². The topological polar surface area (TPSA) is 53.1 Å². The largest absolute Gasteiger partial charge is 0.369 e. The number of anilines is 2. The monoisotopic (exact) mass is 357 g/mol. The van der Waals surface area contributed by atoms with E-state index in [2.05, 4.69) is 69.3 Å². The van der Waals surface area contributed by atoms with Crippen LogP contribution in [0.15, 0.2) is 10.8 Å². The van der Waals surface area contributed by atoms with Crippen molar-refractivity contribution in [2.75, 3.05) is 37.3 Å². The van der Waals surface area contributed by atoms with Gasteiger partial charge in [-0.25, -0.2) is 9.97 Å². The molecular weight excluding hydrogens is 330 g/mol. The van der Waals surface area contributed by atoms with Gasteiger partial charge in [0.2, 0.25) is 0 Å². The Kier molecular flexibility index (Phi) is 8.61.